The molecule has 0 aliphatic rings. The molecular formula is C17H15Cl2N3O2S2. The number of hydrogen-bond acceptors (Lipinski definition) is 4. The number of nitrogens with zero attached hydrogens (tertiary/aromatic N) is 1. The molecule has 0 bridgehead atoms. The number of aromatic nitrogens is 2. The molecule has 2 heterocycles. The lowest BCUT2D eigenvalue weighted by atomic mass is 10.2. The third-order valence-corrected chi connectivity index (χ3v) is 6.03. The topological polar surface area (TPSA) is 66.9 Å². The lowest BCUT2D eigenvalue weighted by Crippen LogP contribution is -2.32. The number of rotatable bonds is 4. The minimum absolute atomic E-state index is 0.201. The molecule has 2 aromatic heterocycles. The molecule has 26 heavy (non-hydrogen) atoms. The number of carbonyl (C=O) groups excluding carboxylic acids is 1. The summed E-state index contributed by atoms with van der Waals surface area (Å²) in [5, 5.41) is 4.02. The van der Waals surface area contributed by atoms with Crippen molar-refractivity contribution < 1.29 is 4.79 Å². The molecule has 0 saturated heterocycles. The molecule has 3 rings (SSSR count). The summed E-state index contributed by atoms with van der Waals surface area (Å²) in [6, 6.07) is 5.78. The third-order valence-electron chi connectivity index (χ3n) is 3.97. The number of nitrogens with one attached hydrogen (secondary N) is 2. The van der Waals surface area contributed by atoms with Gasteiger partial charge in [0.05, 0.1) is 16.1 Å². The summed E-state index contributed by atoms with van der Waals surface area (Å²) in [5.41, 5.74) is 0.0865. The Bertz CT molecular complexity index is 1120. The van der Waals surface area contributed by atoms with E-state index in [1.807, 2.05) is 13.0 Å². The fourth-order valence-electron chi connectivity index (χ4n) is 2.55. The van der Waals surface area contributed by atoms with Crippen LogP contribution in [-0.4, -0.2) is 15.5 Å². The Morgan fingerprint density at radius 2 is 2.12 bits per heavy atom. The summed E-state index contributed by atoms with van der Waals surface area (Å²) in [5.74, 6) is -0.416. The van der Waals surface area contributed by atoms with Gasteiger partial charge in [0.2, 0.25) is 5.91 Å². The molecule has 0 aliphatic carbocycles. The number of thiophene rings is 1. The maximum absolute atomic E-state index is 12.9. The molecule has 1 atom stereocenters. The van der Waals surface area contributed by atoms with Crippen molar-refractivity contribution in [3.63, 3.8) is 0 Å². The zero-order valence-corrected chi connectivity index (χ0v) is 17.1. The first-order valence-corrected chi connectivity index (χ1v) is 9.83. The largest absolute Gasteiger partial charge is 0.323 e. The van der Waals surface area contributed by atoms with Gasteiger partial charge in [-0.2, -0.15) is 0 Å². The van der Waals surface area contributed by atoms with Crippen molar-refractivity contribution in [2.24, 2.45) is 0 Å². The van der Waals surface area contributed by atoms with E-state index in [1.54, 1.807) is 25.1 Å². The van der Waals surface area contributed by atoms with Crippen LogP contribution in [0.15, 0.2) is 29.1 Å². The number of fused-ring (bicyclic) bond motifs is 1. The van der Waals surface area contributed by atoms with E-state index in [2.05, 4.69) is 10.3 Å². The van der Waals surface area contributed by atoms with Gasteiger partial charge in [-0.05, 0) is 49.8 Å². The molecule has 1 unspecified atom stereocenters. The predicted octanol–water partition coefficient (Wildman–Crippen LogP) is 5.19. The number of anilines is 1. The first-order valence-electron chi connectivity index (χ1n) is 7.85. The second kappa shape index (κ2) is 7.52. The van der Waals surface area contributed by atoms with Crippen LogP contribution in [-0.2, 0) is 11.2 Å². The Balaban J connectivity index is 2.00. The molecule has 0 radical (unpaired) electrons. The van der Waals surface area contributed by atoms with Crippen molar-refractivity contribution in [2.75, 3.05) is 5.32 Å². The number of halogens is 2. The van der Waals surface area contributed by atoms with Crippen molar-refractivity contribution in [2.45, 2.75) is 26.3 Å². The van der Waals surface area contributed by atoms with Crippen LogP contribution in [0.25, 0.3) is 10.2 Å². The van der Waals surface area contributed by atoms with Crippen LogP contribution in [0.5, 0.6) is 0 Å². The summed E-state index contributed by atoms with van der Waals surface area (Å²) >= 11 is 18.8. The highest BCUT2D eigenvalue weighted by molar-refractivity contribution is 7.71. The van der Waals surface area contributed by atoms with Gasteiger partial charge >= 0.3 is 0 Å². The number of aryl methyl sites for hydroxylation is 1. The predicted molar refractivity (Wildman–Crippen MR) is 110 cm³/mol. The van der Waals surface area contributed by atoms with Crippen molar-refractivity contribution >= 4 is 68.6 Å². The van der Waals surface area contributed by atoms with Crippen LogP contribution in [0.4, 0.5) is 5.69 Å². The van der Waals surface area contributed by atoms with E-state index in [0.717, 1.165) is 16.1 Å². The molecule has 5 nitrogen and oxygen atoms in total. The van der Waals surface area contributed by atoms with E-state index >= 15 is 0 Å². The molecule has 2 N–H and O–H groups in total. The fourth-order valence-corrected chi connectivity index (χ4v) is 4.28. The molecule has 0 fully saturated rings. The van der Waals surface area contributed by atoms with E-state index in [0.29, 0.717) is 21.1 Å². The number of H-pyrrole nitrogens is 1. The Hall–Kier alpha value is -1.67. The standard InChI is InChI=1S/C17H15Cl2N3O2S2/c1-3-10-7-11-15(26-10)21-17(25)22(16(11)24)8(2)14(23)20-13-6-9(18)4-5-12(13)19/h4-8H,3H2,1-2H3,(H,20,23)(H,21,25). The van der Waals surface area contributed by atoms with E-state index in [-0.39, 0.29) is 10.3 Å². The molecule has 0 saturated carbocycles. The average molecular weight is 428 g/mol. The zero-order valence-electron chi connectivity index (χ0n) is 13.9. The SMILES string of the molecule is CCc1cc2c(=O)n(C(C)C(=O)Nc3cc(Cl)ccc3Cl)c(=S)[nH]c2s1. The van der Waals surface area contributed by atoms with Crippen LogP contribution in [0.2, 0.25) is 10.0 Å². The minimum Gasteiger partial charge on any atom is -0.323 e. The van der Waals surface area contributed by atoms with Gasteiger partial charge in [0.15, 0.2) is 4.77 Å². The lowest BCUT2D eigenvalue weighted by Gasteiger charge is -2.16. The Labute approximate surface area is 168 Å². The summed E-state index contributed by atoms with van der Waals surface area (Å²) in [6.45, 7) is 3.63. The highest BCUT2D eigenvalue weighted by Crippen LogP contribution is 2.26. The van der Waals surface area contributed by atoms with Gasteiger partial charge in [0.1, 0.15) is 10.9 Å². The lowest BCUT2D eigenvalue weighted by molar-refractivity contribution is -0.118. The van der Waals surface area contributed by atoms with Gasteiger partial charge in [-0.15, -0.1) is 11.3 Å². The monoisotopic (exact) mass is 427 g/mol. The van der Waals surface area contributed by atoms with Crippen LogP contribution in [0.3, 0.4) is 0 Å². The van der Waals surface area contributed by atoms with Gasteiger partial charge < -0.3 is 10.3 Å². The number of aromatic amines is 1. The normalized spacial score (nSPS) is 12.3. The zero-order chi connectivity index (χ0) is 19.0. The Kier molecular flexibility index (Phi) is 5.53. The summed E-state index contributed by atoms with van der Waals surface area (Å²) < 4.78 is 1.48. The fraction of sp³-hybridized carbons (Fsp3) is 0.235. The van der Waals surface area contributed by atoms with Gasteiger partial charge in [0, 0.05) is 9.90 Å². The Morgan fingerprint density at radius 3 is 2.81 bits per heavy atom. The quantitative estimate of drug-likeness (QED) is 0.562. The first-order chi connectivity index (χ1) is 12.3. The van der Waals surface area contributed by atoms with Crippen molar-refractivity contribution in [1.29, 1.82) is 0 Å². The van der Waals surface area contributed by atoms with Crippen LogP contribution in [0, 0.1) is 4.77 Å². The number of carbonyl (C=O) groups is 1. The number of benzene rings is 1. The van der Waals surface area contributed by atoms with Gasteiger partial charge in [-0.25, -0.2) is 0 Å². The van der Waals surface area contributed by atoms with Crippen molar-refractivity contribution in [3.05, 3.63) is 54.3 Å². The summed E-state index contributed by atoms with van der Waals surface area (Å²) in [6.07, 6.45) is 0.822. The smallest absolute Gasteiger partial charge is 0.263 e. The molecule has 3 aromatic rings. The molecule has 0 aliphatic heterocycles. The molecule has 0 spiro atoms. The third kappa shape index (κ3) is 3.57. The van der Waals surface area contributed by atoms with Gasteiger partial charge in [-0.3, -0.25) is 14.2 Å². The van der Waals surface area contributed by atoms with Crippen LogP contribution in [0.1, 0.15) is 24.8 Å². The molecule has 9 heteroatoms. The van der Waals surface area contributed by atoms with Crippen molar-refractivity contribution in [3.8, 4) is 0 Å². The number of hydrogen-bond donors (Lipinski definition) is 2. The molecule has 136 valence electrons. The summed E-state index contributed by atoms with van der Waals surface area (Å²) in [4.78, 5) is 30.3. The molecule has 1 aromatic carbocycles. The van der Waals surface area contributed by atoms with Gasteiger partial charge in [0.25, 0.3) is 5.56 Å². The van der Waals surface area contributed by atoms with E-state index < -0.39 is 11.9 Å². The summed E-state index contributed by atoms with van der Waals surface area (Å²) in [7, 11) is 0. The molecular weight excluding hydrogens is 413 g/mol. The first kappa shape index (κ1) is 19.1. The molecule has 1 amide bonds. The van der Waals surface area contributed by atoms with Crippen molar-refractivity contribution in [1.82, 2.24) is 9.55 Å². The van der Waals surface area contributed by atoms with Gasteiger partial charge in [-0.1, -0.05) is 30.1 Å². The maximum Gasteiger partial charge on any atom is 0.263 e. The minimum atomic E-state index is -0.823. The highest BCUT2D eigenvalue weighted by atomic mass is 35.5. The van der Waals surface area contributed by atoms with Crippen LogP contribution < -0.4 is 10.9 Å². The Morgan fingerprint density at radius 1 is 1.38 bits per heavy atom. The van der Waals surface area contributed by atoms with E-state index in [1.165, 1.54) is 15.9 Å². The highest BCUT2D eigenvalue weighted by Gasteiger charge is 2.21. The number of amides is 1. The second-order valence-corrected chi connectivity index (χ2v) is 8.07. The van der Waals surface area contributed by atoms with E-state index in [9.17, 15) is 9.59 Å². The second-order valence-electron chi connectivity index (χ2n) is 5.70. The maximum atomic E-state index is 12.9. The average Bonchev–Trinajstić information content (AvgIpc) is 3.01. The van der Waals surface area contributed by atoms with E-state index in [4.69, 9.17) is 35.4 Å². The van der Waals surface area contributed by atoms with Crippen LogP contribution >= 0.6 is 46.8 Å².